The van der Waals surface area contributed by atoms with Gasteiger partial charge in [-0.3, -0.25) is 0 Å². The van der Waals surface area contributed by atoms with Crippen LogP contribution >= 0.6 is 0 Å². The van der Waals surface area contributed by atoms with Crippen LogP contribution in [0.25, 0.3) is 0 Å². The van der Waals surface area contributed by atoms with Gasteiger partial charge < -0.3 is 10.5 Å². The molecule has 2 aromatic rings. The van der Waals surface area contributed by atoms with Crippen molar-refractivity contribution in [2.75, 3.05) is 6.61 Å². The van der Waals surface area contributed by atoms with Crippen molar-refractivity contribution in [3.63, 3.8) is 0 Å². The first-order valence-electron chi connectivity index (χ1n) is 7.83. The molecular formula is C19H23NO. The summed E-state index contributed by atoms with van der Waals surface area (Å²) in [4.78, 5) is 0. The van der Waals surface area contributed by atoms with Crippen LogP contribution in [0.15, 0.2) is 48.5 Å². The smallest absolute Gasteiger partial charge is 0.124 e. The predicted octanol–water partition coefficient (Wildman–Crippen LogP) is 3.89. The van der Waals surface area contributed by atoms with Crippen molar-refractivity contribution in [3.8, 4) is 5.75 Å². The first kappa shape index (κ1) is 14.2. The molecule has 0 saturated heterocycles. The molecule has 1 aliphatic carbocycles. The van der Waals surface area contributed by atoms with E-state index in [1.54, 1.807) is 0 Å². The standard InChI is InChI=1S/C19H23NO/c1-2-11-21-18-10-6-5-9-17(18)19(20)16-12-14-7-3-4-8-15(14)13-16/h3-10,16,19H,2,11-13,20H2,1H3. The van der Waals surface area contributed by atoms with E-state index < -0.39 is 0 Å². The Morgan fingerprint density at radius 3 is 2.33 bits per heavy atom. The zero-order valence-corrected chi connectivity index (χ0v) is 12.6. The van der Waals surface area contributed by atoms with Crippen LogP contribution < -0.4 is 10.5 Å². The van der Waals surface area contributed by atoms with Gasteiger partial charge in [0.05, 0.1) is 6.61 Å². The molecule has 1 atom stereocenters. The molecule has 2 aromatic carbocycles. The summed E-state index contributed by atoms with van der Waals surface area (Å²) in [7, 11) is 0. The number of nitrogens with two attached hydrogens (primary N) is 1. The molecule has 1 aliphatic rings. The van der Waals surface area contributed by atoms with Crippen LogP contribution in [0.5, 0.6) is 5.75 Å². The Morgan fingerprint density at radius 2 is 1.67 bits per heavy atom. The molecule has 2 nitrogen and oxygen atoms in total. The van der Waals surface area contributed by atoms with Crippen LogP contribution in [0.2, 0.25) is 0 Å². The third-order valence-corrected chi connectivity index (χ3v) is 4.33. The largest absolute Gasteiger partial charge is 0.493 e. The van der Waals surface area contributed by atoms with Crippen molar-refractivity contribution in [3.05, 3.63) is 65.2 Å². The Morgan fingerprint density at radius 1 is 1.05 bits per heavy atom. The van der Waals surface area contributed by atoms with Crippen molar-refractivity contribution in [2.45, 2.75) is 32.2 Å². The van der Waals surface area contributed by atoms with Gasteiger partial charge in [0.2, 0.25) is 0 Å². The van der Waals surface area contributed by atoms with Crippen molar-refractivity contribution in [1.29, 1.82) is 0 Å². The van der Waals surface area contributed by atoms with E-state index in [0.29, 0.717) is 5.92 Å². The van der Waals surface area contributed by atoms with Gasteiger partial charge in [-0.05, 0) is 42.4 Å². The molecule has 3 rings (SSSR count). The van der Waals surface area contributed by atoms with Crippen LogP contribution in [0.4, 0.5) is 0 Å². The maximum absolute atomic E-state index is 6.57. The van der Waals surface area contributed by atoms with Crippen molar-refractivity contribution >= 4 is 0 Å². The molecule has 1 unspecified atom stereocenters. The lowest BCUT2D eigenvalue weighted by Crippen LogP contribution is -2.22. The third-order valence-electron chi connectivity index (χ3n) is 4.33. The summed E-state index contributed by atoms with van der Waals surface area (Å²) >= 11 is 0. The number of ether oxygens (including phenoxy) is 1. The number of para-hydroxylation sites is 1. The molecule has 0 bridgehead atoms. The molecule has 0 spiro atoms. The highest BCUT2D eigenvalue weighted by Gasteiger charge is 2.28. The lowest BCUT2D eigenvalue weighted by atomic mass is 9.91. The maximum atomic E-state index is 6.57. The Labute approximate surface area is 126 Å². The van der Waals surface area contributed by atoms with Gasteiger partial charge in [-0.1, -0.05) is 49.4 Å². The molecule has 2 N–H and O–H groups in total. The molecule has 0 aromatic heterocycles. The highest BCUT2D eigenvalue weighted by molar-refractivity contribution is 5.39. The van der Waals surface area contributed by atoms with Crippen LogP contribution in [0, 0.1) is 5.92 Å². The van der Waals surface area contributed by atoms with Crippen molar-refractivity contribution in [2.24, 2.45) is 11.7 Å². The van der Waals surface area contributed by atoms with E-state index in [-0.39, 0.29) is 6.04 Å². The highest BCUT2D eigenvalue weighted by Crippen LogP contribution is 2.36. The van der Waals surface area contributed by atoms with Gasteiger partial charge in [-0.2, -0.15) is 0 Å². The first-order valence-corrected chi connectivity index (χ1v) is 7.83. The fraction of sp³-hybridized carbons (Fsp3) is 0.368. The fourth-order valence-corrected chi connectivity index (χ4v) is 3.20. The second kappa shape index (κ2) is 6.31. The highest BCUT2D eigenvalue weighted by atomic mass is 16.5. The lowest BCUT2D eigenvalue weighted by Gasteiger charge is -2.22. The average Bonchev–Trinajstić information content (AvgIpc) is 2.96. The monoisotopic (exact) mass is 281 g/mol. The van der Waals surface area contributed by atoms with E-state index in [4.69, 9.17) is 10.5 Å². The third kappa shape index (κ3) is 2.96. The minimum absolute atomic E-state index is 0.0328. The second-order valence-electron chi connectivity index (χ2n) is 5.85. The zero-order chi connectivity index (χ0) is 14.7. The minimum Gasteiger partial charge on any atom is -0.493 e. The van der Waals surface area contributed by atoms with Crippen molar-refractivity contribution < 1.29 is 4.74 Å². The summed E-state index contributed by atoms with van der Waals surface area (Å²) in [6.45, 7) is 2.87. The number of rotatable bonds is 5. The first-order chi connectivity index (χ1) is 10.3. The van der Waals surface area contributed by atoms with Gasteiger partial charge in [0.15, 0.2) is 0 Å². The summed E-state index contributed by atoms with van der Waals surface area (Å²) in [5.41, 5.74) is 10.6. The van der Waals surface area contributed by atoms with Crippen LogP contribution in [0.3, 0.4) is 0 Å². The molecule has 0 radical (unpaired) electrons. The quantitative estimate of drug-likeness (QED) is 0.902. The van der Waals surface area contributed by atoms with Gasteiger partial charge in [-0.25, -0.2) is 0 Å². The van der Waals surface area contributed by atoms with Gasteiger partial charge in [-0.15, -0.1) is 0 Å². The van der Waals surface area contributed by atoms with E-state index in [0.717, 1.165) is 37.2 Å². The zero-order valence-electron chi connectivity index (χ0n) is 12.6. The Kier molecular flexibility index (Phi) is 4.26. The summed E-state index contributed by atoms with van der Waals surface area (Å²) in [6, 6.07) is 16.9. The molecule has 0 saturated carbocycles. The van der Waals surface area contributed by atoms with Crippen LogP contribution in [-0.4, -0.2) is 6.61 Å². The molecule has 0 fully saturated rings. The fourth-order valence-electron chi connectivity index (χ4n) is 3.20. The Bertz CT molecular complexity index is 583. The molecule has 0 aliphatic heterocycles. The Hall–Kier alpha value is -1.80. The van der Waals surface area contributed by atoms with Gasteiger partial charge in [0.1, 0.15) is 5.75 Å². The number of benzene rings is 2. The summed E-state index contributed by atoms with van der Waals surface area (Å²) < 4.78 is 5.86. The van der Waals surface area contributed by atoms with E-state index >= 15 is 0 Å². The van der Waals surface area contributed by atoms with E-state index in [1.165, 1.54) is 11.1 Å². The predicted molar refractivity (Wildman–Crippen MR) is 86.5 cm³/mol. The molecular weight excluding hydrogens is 258 g/mol. The molecule has 21 heavy (non-hydrogen) atoms. The molecule has 0 amide bonds. The van der Waals surface area contributed by atoms with E-state index in [1.807, 2.05) is 12.1 Å². The minimum atomic E-state index is 0.0328. The molecule has 110 valence electrons. The maximum Gasteiger partial charge on any atom is 0.124 e. The van der Waals surface area contributed by atoms with E-state index in [2.05, 4.69) is 43.3 Å². The molecule has 0 heterocycles. The topological polar surface area (TPSA) is 35.2 Å². The lowest BCUT2D eigenvalue weighted by molar-refractivity contribution is 0.307. The van der Waals surface area contributed by atoms with Crippen LogP contribution in [0.1, 0.15) is 36.1 Å². The normalized spacial score (nSPS) is 15.7. The summed E-state index contributed by atoms with van der Waals surface area (Å²) in [5.74, 6) is 1.41. The van der Waals surface area contributed by atoms with Gasteiger partial charge in [0.25, 0.3) is 0 Å². The van der Waals surface area contributed by atoms with Crippen LogP contribution in [-0.2, 0) is 12.8 Å². The number of fused-ring (bicyclic) bond motifs is 1. The Balaban J connectivity index is 1.79. The SMILES string of the molecule is CCCOc1ccccc1C(N)C1Cc2ccccc2C1. The summed E-state index contributed by atoms with van der Waals surface area (Å²) in [6.07, 6.45) is 3.15. The van der Waals surface area contributed by atoms with E-state index in [9.17, 15) is 0 Å². The van der Waals surface area contributed by atoms with Crippen molar-refractivity contribution in [1.82, 2.24) is 0 Å². The van der Waals surface area contributed by atoms with Gasteiger partial charge in [0, 0.05) is 11.6 Å². The molecule has 2 heteroatoms. The number of hydrogen-bond donors (Lipinski definition) is 1. The van der Waals surface area contributed by atoms with Gasteiger partial charge >= 0.3 is 0 Å². The average molecular weight is 281 g/mol. The second-order valence-corrected chi connectivity index (χ2v) is 5.85. The number of hydrogen-bond acceptors (Lipinski definition) is 2. The summed E-state index contributed by atoms with van der Waals surface area (Å²) in [5, 5.41) is 0.